The van der Waals surface area contributed by atoms with Gasteiger partial charge >= 0.3 is 0 Å². The summed E-state index contributed by atoms with van der Waals surface area (Å²) in [5.41, 5.74) is 1.51. The van der Waals surface area contributed by atoms with Crippen LogP contribution in [0.2, 0.25) is 0 Å². The molecule has 2 N–H and O–H groups in total. The molecule has 0 spiro atoms. The quantitative estimate of drug-likeness (QED) is 0.657. The highest BCUT2D eigenvalue weighted by atomic mass is 32.1. The van der Waals surface area contributed by atoms with Crippen LogP contribution in [0.1, 0.15) is 52.0 Å². The van der Waals surface area contributed by atoms with Crippen molar-refractivity contribution in [1.82, 2.24) is 20.5 Å². The molecule has 3 aliphatic rings. The number of rotatable bonds is 5. The molecular formula is C22H23N5O4S. The van der Waals surface area contributed by atoms with Gasteiger partial charge in [0.05, 0.1) is 11.1 Å². The molecule has 0 bridgehead atoms. The largest absolute Gasteiger partial charge is 0.341 e. The monoisotopic (exact) mass is 453 g/mol. The SMILES string of the molecule is O=C1CCC(N2C(=O)c3ccc(CN(c4nccs4)C4CCNCC4)cc3C2=O)C(=O)N1. The zero-order chi connectivity index (χ0) is 22.2. The predicted molar refractivity (Wildman–Crippen MR) is 117 cm³/mol. The van der Waals surface area contributed by atoms with E-state index in [2.05, 4.69) is 20.5 Å². The molecule has 5 rings (SSSR count). The normalized spacial score (nSPS) is 21.6. The summed E-state index contributed by atoms with van der Waals surface area (Å²) in [5, 5.41) is 8.49. The van der Waals surface area contributed by atoms with Crippen LogP contribution in [0.5, 0.6) is 0 Å². The highest BCUT2D eigenvalue weighted by molar-refractivity contribution is 7.13. The molecule has 1 unspecified atom stereocenters. The standard InChI is InChI=1S/C22H23N5O4S/c28-18-4-3-17(19(29)25-18)27-20(30)15-2-1-13(11-16(15)21(27)31)12-26(22-24-9-10-32-22)14-5-7-23-8-6-14/h1-2,9-11,14,17,23H,3-8,12H2,(H,25,28,29). The number of fused-ring (bicyclic) bond motifs is 1. The number of anilines is 1. The molecule has 4 amide bonds. The van der Waals surface area contributed by atoms with Crippen molar-refractivity contribution in [2.24, 2.45) is 0 Å². The maximum absolute atomic E-state index is 13.1. The van der Waals surface area contributed by atoms with Gasteiger partial charge in [-0.1, -0.05) is 6.07 Å². The Morgan fingerprint density at radius 2 is 1.84 bits per heavy atom. The van der Waals surface area contributed by atoms with E-state index in [1.165, 1.54) is 0 Å². The van der Waals surface area contributed by atoms with E-state index in [0.29, 0.717) is 23.7 Å². The minimum absolute atomic E-state index is 0.105. The maximum atomic E-state index is 13.1. The molecule has 0 radical (unpaired) electrons. The average molecular weight is 454 g/mol. The number of nitrogens with zero attached hydrogens (tertiary/aromatic N) is 3. The van der Waals surface area contributed by atoms with Crippen LogP contribution >= 0.6 is 11.3 Å². The third-order valence-corrected chi connectivity index (χ3v) is 7.08. The van der Waals surface area contributed by atoms with E-state index in [-0.39, 0.29) is 18.7 Å². The Bertz CT molecular complexity index is 1080. The first-order chi connectivity index (χ1) is 15.5. The summed E-state index contributed by atoms with van der Waals surface area (Å²) >= 11 is 1.58. The van der Waals surface area contributed by atoms with Gasteiger partial charge in [-0.2, -0.15) is 0 Å². The number of hydrogen-bond acceptors (Lipinski definition) is 8. The summed E-state index contributed by atoms with van der Waals surface area (Å²) in [6.07, 6.45) is 4.05. The van der Waals surface area contributed by atoms with Gasteiger partial charge in [0.1, 0.15) is 6.04 Å². The first-order valence-corrected chi connectivity index (χ1v) is 11.6. The Labute approximate surface area is 188 Å². The van der Waals surface area contributed by atoms with Gasteiger partial charge in [-0.15, -0.1) is 11.3 Å². The van der Waals surface area contributed by atoms with Crippen LogP contribution in [0.4, 0.5) is 5.13 Å². The van der Waals surface area contributed by atoms with Crippen molar-refractivity contribution >= 4 is 40.1 Å². The Morgan fingerprint density at radius 1 is 1.06 bits per heavy atom. The molecule has 0 aliphatic carbocycles. The number of benzene rings is 1. The summed E-state index contributed by atoms with van der Waals surface area (Å²) in [4.78, 5) is 57.5. The number of thiazole rings is 1. The number of aromatic nitrogens is 1. The minimum Gasteiger partial charge on any atom is -0.341 e. The molecule has 1 aromatic carbocycles. The minimum atomic E-state index is -0.954. The van der Waals surface area contributed by atoms with E-state index >= 15 is 0 Å². The third kappa shape index (κ3) is 3.69. The Balaban J connectivity index is 1.40. The van der Waals surface area contributed by atoms with Crippen molar-refractivity contribution < 1.29 is 19.2 Å². The molecule has 2 aromatic rings. The Hall–Kier alpha value is -3.11. The summed E-state index contributed by atoms with van der Waals surface area (Å²) in [5.74, 6) is -1.95. The lowest BCUT2D eigenvalue weighted by molar-refractivity contribution is -0.136. The molecular weight excluding hydrogens is 430 g/mol. The zero-order valence-electron chi connectivity index (χ0n) is 17.4. The van der Waals surface area contributed by atoms with Crippen molar-refractivity contribution in [2.45, 2.75) is 44.3 Å². The molecule has 9 nitrogen and oxygen atoms in total. The van der Waals surface area contributed by atoms with E-state index in [1.807, 2.05) is 11.4 Å². The smallest absolute Gasteiger partial charge is 0.262 e. The van der Waals surface area contributed by atoms with Crippen LogP contribution in [-0.2, 0) is 16.1 Å². The molecule has 2 saturated heterocycles. The van der Waals surface area contributed by atoms with Crippen LogP contribution in [0.25, 0.3) is 0 Å². The van der Waals surface area contributed by atoms with Crippen molar-refractivity contribution in [3.05, 3.63) is 46.5 Å². The predicted octanol–water partition coefficient (Wildman–Crippen LogP) is 1.30. The average Bonchev–Trinajstić information content (AvgIpc) is 3.41. The van der Waals surface area contributed by atoms with E-state index in [4.69, 9.17) is 0 Å². The van der Waals surface area contributed by atoms with E-state index in [0.717, 1.165) is 41.5 Å². The number of nitrogens with one attached hydrogen (secondary N) is 2. The van der Waals surface area contributed by atoms with Gasteiger partial charge in [0.2, 0.25) is 11.8 Å². The van der Waals surface area contributed by atoms with E-state index < -0.39 is 23.8 Å². The fourth-order valence-corrected chi connectivity index (χ4v) is 5.36. The lowest BCUT2D eigenvalue weighted by Crippen LogP contribution is -2.54. The number of hydrogen-bond donors (Lipinski definition) is 2. The molecule has 0 saturated carbocycles. The van der Waals surface area contributed by atoms with Gasteiger partial charge in [-0.25, -0.2) is 4.98 Å². The zero-order valence-corrected chi connectivity index (χ0v) is 18.2. The van der Waals surface area contributed by atoms with Crippen LogP contribution < -0.4 is 15.5 Å². The van der Waals surface area contributed by atoms with Gasteiger partial charge in [0.15, 0.2) is 5.13 Å². The van der Waals surface area contributed by atoms with Crippen LogP contribution in [0, 0.1) is 0 Å². The molecule has 2 fully saturated rings. The molecule has 1 aromatic heterocycles. The van der Waals surface area contributed by atoms with Crippen LogP contribution in [0.15, 0.2) is 29.8 Å². The second kappa shape index (κ2) is 8.44. The Morgan fingerprint density at radius 3 is 2.56 bits per heavy atom. The van der Waals surface area contributed by atoms with E-state index in [9.17, 15) is 19.2 Å². The summed E-state index contributed by atoms with van der Waals surface area (Å²) in [7, 11) is 0. The Kier molecular flexibility index (Phi) is 5.48. The van der Waals surface area contributed by atoms with Crippen LogP contribution in [0.3, 0.4) is 0 Å². The summed E-state index contributed by atoms with van der Waals surface area (Å²) in [6, 6.07) is 4.67. The van der Waals surface area contributed by atoms with Gasteiger partial charge in [-0.05, 0) is 50.0 Å². The second-order valence-corrected chi connectivity index (χ2v) is 9.12. The highest BCUT2D eigenvalue weighted by Gasteiger charge is 2.44. The molecule has 10 heteroatoms. The fraction of sp³-hybridized carbons (Fsp3) is 0.409. The van der Waals surface area contributed by atoms with Crippen molar-refractivity contribution in [3.8, 4) is 0 Å². The van der Waals surface area contributed by atoms with Crippen LogP contribution in [-0.4, -0.2) is 58.7 Å². The molecule has 166 valence electrons. The lowest BCUT2D eigenvalue weighted by atomic mass is 10.0. The van der Waals surface area contributed by atoms with Crippen molar-refractivity contribution in [3.63, 3.8) is 0 Å². The number of imide groups is 2. The third-order valence-electron chi connectivity index (χ3n) is 6.27. The summed E-state index contributed by atoms with van der Waals surface area (Å²) in [6.45, 7) is 2.47. The number of amides is 4. The molecule has 4 heterocycles. The first-order valence-electron chi connectivity index (χ1n) is 10.7. The lowest BCUT2D eigenvalue weighted by Gasteiger charge is -2.34. The molecule has 3 aliphatic heterocycles. The number of carbonyl (C=O) groups excluding carboxylic acids is 4. The van der Waals surface area contributed by atoms with Gasteiger partial charge in [0, 0.05) is 30.6 Å². The van der Waals surface area contributed by atoms with Crippen molar-refractivity contribution in [1.29, 1.82) is 0 Å². The molecule has 1 atom stereocenters. The van der Waals surface area contributed by atoms with Gasteiger partial charge in [0.25, 0.3) is 11.8 Å². The first kappa shape index (κ1) is 20.8. The summed E-state index contributed by atoms with van der Waals surface area (Å²) < 4.78 is 0. The topological polar surface area (TPSA) is 112 Å². The number of piperidine rings is 2. The maximum Gasteiger partial charge on any atom is 0.262 e. The number of carbonyl (C=O) groups is 4. The highest BCUT2D eigenvalue weighted by Crippen LogP contribution is 2.31. The van der Waals surface area contributed by atoms with Crippen molar-refractivity contribution in [2.75, 3.05) is 18.0 Å². The van der Waals surface area contributed by atoms with E-state index in [1.54, 1.807) is 29.7 Å². The van der Waals surface area contributed by atoms with Gasteiger partial charge < -0.3 is 10.2 Å². The molecule has 32 heavy (non-hydrogen) atoms. The van der Waals surface area contributed by atoms with Gasteiger partial charge in [-0.3, -0.25) is 29.4 Å². The fourth-order valence-electron chi connectivity index (χ4n) is 4.64. The second-order valence-electron chi connectivity index (χ2n) is 8.25.